The van der Waals surface area contributed by atoms with Gasteiger partial charge in [0, 0.05) is 22.7 Å². The summed E-state index contributed by atoms with van der Waals surface area (Å²) in [5, 5.41) is 17.3. The minimum absolute atomic E-state index is 0.184. The molecule has 0 radical (unpaired) electrons. The van der Waals surface area contributed by atoms with Crippen molar-refractivity contribution in [2.75, 3.05) is 6.61 Å². The van der Waals surface area contributed by atoms with Gasteiger partial charge in [-0.1, -0.05) is 110 Å². The highest BCUT2D eigenvalue weighted by Crippen LogP contribution is 2.47. The van der Waals surface area contributed by atoms with Crippen LogP contribution in [0, 0.1) is 17.3 Å². The first-order valence-corrected chi connectivity index (χ1v) is 21.1. The van der Waals surface area contributed by atoms with Crippen molar-refractivity contribution in [3.63, 3.8) is 0 Å². The predicted molar refractivity (Wildman–Crippen MR) is 214 cm³/mol. The molecule has 53 heavy (non-hydrogen) atoms. The average Bonchev–Trinajstić information content (AvgIpc) is 3.60. The van der Waals surface area contributed by atoms with E-state index in [1.54, 1.807) is 26.1 Å². The molecule has 1 aliphatic carbocycles. The number of carboxylic acids is 1. The summed E-state index contributed by atoms with van der Waals surface area (Å²) < 4.78 is 12.2. The standard InChI is InChI=1S/C44H75N3O6/c1-9-11-12-13-14-15-16-17-18-19-20-21-22-26-30-42(5,6)46-40(51)47-44(35(10-2)39(49)50,33-27-24-23-25-28-33)37-34(29-31-45-37)36(48)38-41(3,4)32-52-43(7,8)53-38/h17-18,29,31,33,35,38,45H,9-16,19-28,30,32H2,1-8H3,(H,49,50)(H2,46,47,51). The van der Waals surface area contributed by atoms with E-state index < -0.39 is 46.3 Å². The molecule has 1 saturated heterocycles. The third kappa shape index (κ3) is 13.0. The Bertz CT molecular complexity index is 1310. The molecule has 3 rings (SSSR count). The number of hydrogen-bond donors (Lipinski definition) is 4. The van der Waals surface area contributed by atoms with Crippen molar-refractivity contribution in [3.05, 3.63) is 35.7 Å². The molecule has 2 amide bonds. The highest BCUT2D eigenvalue weighted by atomic mass is 16.7. The first-order chi connectivity index (χ1) is 25.1. The van der Waals surface area contributed by atoms with Gasteiger partial charge in [0.25, 0.3) is 0 Å². The van der Waals surface area contributed by atoms with Crippen LogP contribution in [0.15, 0.2) is 24.4 Å². The number of ether oxygens (including phenoxy) is 2. The number of hydrogen-bond acceptors (Lipinski definition) is 5. The number of allylic oxidation sites excluding steroid dienone is 2. The van der Waals surface area contributed by atoms with Crippen LogP contribution in [0.5, 0.6) is 0 Å². The molecule has 2 heterocycles. The number of ketones is 1. The molecule has 9 nitrogen and oxygen atoms in total. The number of nitrogens with one attached hydrogen (secondary N) is 3. The number of aromatic nitrogens is 1. The maximum atomic E-state index is 14.5. The Morgan fingerprint density at radius 3 is 2.11 bits per heavy atom. The number of unbranched alkanes of at least 4 members (excludes halogenated alkanes) is 10. The van der Waals surface area contributed by atoms with Gasteiger partial charge in [0.1, 0.15) is 6.10 Å². The zero-order valence-electron chi connectivity index (χ0n) is 34.7. The van der Waals surface area contributed by atoms with Crippen molar-refractivity contribution in [1.29, 1.82) is 0 Å². The fraction of sp³-hybridized carbons (Fsp3) is 0.795. The Labute approximate surface area is 321 Å². The lowest BCUT2D eigenvalue weighted by molar-refractivity contribution is -0.298. The summed E-state index contributed by atoms with van der Waals surface area (Å²) in [7, 11) is 0. The van der Waals surface area contributed by atoms with Crippen LogP contribution in [0.2, 0.25) is 0 Å². The van der Waals surface area contributed by atoms with E-state index in [0.29, 0.717) is 17.9 Å². The van der Waals surface area contributed by atoms with Crippen LogP contribution in [0.25, 0.3) is 0 Å². The molecule has 1 aromatic rings. The SMILES string of the molecule is CCCCCCCCC=CCCCCCCC(C)(C)NC(=O)NC(c1[nH]ccc1C(=O)C1OC(C)(C)OCC1(C)C)(C1CCCCC1)C(CC)C(=O)O. The second-order valence-electron chi connectivity index (χ2n) is 17.8. The average molecular weight is 742 g/mol. The Morgan fingerprint density at radius 1 is 0.906 bits per heavy atom. The summed E-state index contributed by atoms with van der Waals surface area (Å²) in [5.74, 6) is -3.33. The number of carbonyl (C=O) groups is 3. The molecule has 1 aliphatic heterocycles. The Morgan fingerprint density at radius 2 is 1.51 bits per heavy atom. The zero-order chi connectivity index (χ0) is 39.1. The Hall–Kier alpha value is -2.65. The molecule has 302 valence electrons. The zero-order valence-corrected chi connectivity index (χ0v) is 34.7. The molecule has 0 aromatic carbocycles. The maximum Gasteiger partial charge on any atom is 0.315 e. The monoisotopic (exact) mass is 742 g/mol. The Balaban J connectivity index is 1.74. The number of H-pyrrole nitrogens is 1. The summed E-state index contributed by atoms with van der Waals surface area (Å²) in [6.07, 6.45) is 25.8. The number of rotatable bonds is 23. The molecular formula is C44H75N3O6. The normalized spacial score (nSPS) is 20.9. The summed E-state index contributed by atoms with van der Waals surface area (Å²) in [6.45, 7) is 16.0. The van der Waals surface area contributed by atoms with Crippen molar-refractivity contribution in [3.8, 4) is 0 Å². The van der Waals surface area contributed by atoms with Crippen molar-refractivity contribution in [2.45, 2.75) is 200 Å². The van der Waals surface area contributed by atoms with Crippen LogP contribution in [0.3, 0.4) is 0 Å². The number of carbonyl (C=O) groups excluding carboxylic acids is 2. The van der Waals surface area contributed by atoms with Crippen molar-refractivity contribution < 1.29 is 29.0 Å². The topological polar surface area (TPSA) is 130 Å². The largest absolute Gasteiger partial charge is 0.481 e. The molecule has 1 aromatic heterocycles. The van der Waals surface area contributed by atoms with Crippen molar-refractivity contribution in [2.24, 2.45) is 17.3 Å². The second-order valence-corrected chi connectivity index (χ2v) is 17.8. The van der Waals surface area contributed by atoms with Crippen LogP contribution in [0.4, 0.5) is 4.79 Å². The minimum atomic E-state index is -1.34. The van der Waals surface area contributed by atoms with Crippen LogP contribution < -0.4 is 10.6 Å². The van der Waals surface area contributed by atoms with Gasteiger partial charge in [-0.2, -0.15) is 0 Å². The van der Waals surface area contributed by atoms with Crippen LogP contribution in [0.1, 0.15) is 193 Å². The number of aliphatic carboxylic acids is 1. The third-order valence-corrected chi connectivity index (χ3v) is 11.7. The van der Waals surface area contributed by atoms with E-state index in [0.717, 1.165) is 64.2 Å². The fourth-order valence-corrected chi connectivity index (χ4v) is 8.59. The van der Waals surface area contributed by atoms with E-state index in [1.165, 1.54) is 51.4 Å². The van der Waals surface area contributed by atoms with Gasteiger partial charge in [-0.15, -0.1) is 0 Å². The molecule has 0 spiro atoms. The van der Waals surface area contributed by atoms with Crippen LogP contribution in [-0.2, 0) is 19.8 Å². The van der Waals surface area contributed by atoms with Gasteiger partial charge < -0.3 is 30.2 Å². The van der Waals surface area contributed by atoms with Gasteiger partial charge >= 0.3 is 12.0 Å². The van der Waals surface area contributed by atoms with Gasteiger partial charge in [-0.3, -0.25) is 9.59 Å². The van der Waals surface area contributed by atoms with Crippen LogP contribution in [-0.4, -0.2) is 51.9 Å². The smallest absolute Gasteiger partial charge is 0.315 e. The summed E-state index contributed by atoms with van der Waals surface area (Å²) in [6, 6.07) is 1.31. The van der Waals surface area contributed by atoms with Crippen LogP contribution >= 0.6 is 0 Å². The molecule has 4 N–H and O–H groups in total. The van der Waals surface area contributed by atoms with E-state index in [9.17, 15) is 19.5 Å². The molecule has 3 unspecified atom stereocenters. The van der Waals surface area contributed by atoms with Gasteiger partial charge in [0.15, 0.2) is 11.6 Å². The second kappa shape index (κ2) is 20.9. The van der Waals surface area contributed by atoms with Gasteiger partial charge in [-0.25, -0.2) is 4.79 Å². The number of amides is 2. The van der Waals surface area contributed by atoms with E-state index in [-0.39, 0.29) is 18.1 Å². The van der Waals surface area contributed by atoms with E-state index in [2.05, 4.69) is 34.7 Å². The highest BCUT2D eigenvalue weighted by molar-refractivity contribution is 6.02. The minimum Gasteiger partial charge on any atom is -0.481 e. The molecule has 9 heteroatoms. The van der Waals surface area contributed by atoms with E-state index in [4.69, 9.17) is 9.47 Å². The fourth-order valence-electron chi connectivity index (χ4n) is 8.59. The molecule has 1 saturated carbocycles. The molecular weight excluding hydrogens is 666 g/mol. The molecule has 0 bridgehead atoms. The molecule has 3 atom stereocenters. The van der Waals surface area contributed by atoms with E-state index in [1.807, 2.05) is 34.6 Å². The van der Waals surface area contributed by atoms with Gasteiger partial charge in [0.2, 0.25) is 0 Å². The Kier molecular flexibility index (Phi) is 17.6. The van der Waals surface area contributed by atoms with Crippen molar-refractivity contribution in [1.82, 2.24) is 15.6 Å². The van der Waals surface area contributed by atoms with Gasteiger partial charge in [0.05, 0.1) is 23.8 Å². The van der Waals surface area contributed by atoms with Gasteiger partial charge in [-0.05, 0) is 91.0 Å². The lowest BCUT2D eigenvalue weighted by atomic mass is 9.64. The molecule has 2 fully saturated rings. The lowest BCUT2D eigenvalue weighted by Gasteiger charge is -2.48. The number of Topliss-reactive ketones (excluding diaryl/α,β-unsaturated/α-hetero) is 1. The highest BCUT2D eigenvalue weighted by Gasteiger charge is 2.54. The predicted octanol–water partition coefficient (Wildman–Crippen LogP) is 11.0. The van der Waals surface area contributed by atoms with Crippen molar-refractivity contribution >= 4 is 17.8 Å². The first-order valence-electron chi connectivity index (χ1n) is 21.1. The molecule has 2 aliphatic rings. The number of aromatic amines is 1. The van der Waals surface area contributed by atoms with E-state index >= 15 is 0 Å². The maximum absolute atomic E-state index is 14.5. The number of urea groups is 1. The quantitative estimate of drug-likeness (QED) is 0.0502. The first kappa shape index (κ1) is 44.7. The lowest BCUT2D eigenvalue weighted by Crippen LogP contribution is -2.63. The third-order valence-electron chi connectivity index (χ3n) is 11.7. The summed E-state index contributed by atoms with van der Waals surface area (Å²) in [5.41, 5.74) is -1.65. The number of carboxylic acid groups (broad SMARTS) is 1. The summed E-state index contributed by atoms with van der Waals surface area (Å²) in [4.78, 5) is 45.3. The summed E-state index contributed by atoms with van der Waals surface area (Å²) >= 11 is 0.